The molecule has 3 aromatic rings. The van der Waals surface area contributed by atoms with Gasteiger partial charge in [-0.2, -0.15) is 10.4 Å². The number of carbonyl (C=O) groups is 1. The number of nitrogens with zero attached hydrogens (tertiary/aromatic N) is 5. The third-order valence-corrected chi connectivity index (χ3v) is 5.65. The fourth-order valence-electron chi connectivity index (χ4n) is 4.39. The summed E-state index contributed by atoms with van der Waals surface area (Å²) < 4.78 is 2.00. The first-order chi connectivity index (χ1) is 12.8. The molecule has 26 heavy (non-hydrogen) atoms. The molecule has 0 saturated heterocycles. The zero-order chi connectivity index (χ0) is 17.7. The van der Waals surface area contributed by atoms with Gasteiger partial charge in [-0.25, -0.2) is 9.97 Å². The van der Waals surface area contributed by atoms with Gasteiger partial charge < -0.3 is 0 Å². The Bertz CT molecular complexity index is 1070. The van der Waals surface area contributed by atoms with Crippen LogP contribution in [0.3, 0.4) is 0 Å². The van der Waals surface area contributed by atoms with E-state index in [4.69, 9.17) is 0 Å². The summed E-state index contributed by atoms with van der Waals surface area (Å²) in [6, 6.07) is 8.14. The van der Waals surface area contributed by atoms with Gasteiger partial charge >= 0.3 is 0 Å². The molecular formula is C20H17N5O. The van der Waals surface area contributed by atoms with Gasteiger partial charge in [0.2, 0.25) is 0 Å². The van der Waals surface area contributed by atoms with Crippen molar-refractivity contribution in [3.8, 4) is 6.07 Å². The number of hydrogen-bond donors (Lipinski definition) is 0. The maximum atomic E-state index is 12.8. The minimum Gasteiger partial charge on any atom is -0.298 e. The average Bonchev–Trinajstić information content (AvgIpc) is 3.38. The Morgan fingerprint density at radius 3 is 2.85 bits per heavy atom. The van der Waals surface area contributed by atoms with Crippen molar-refractivity contribution in [3.63, 3.8) is 0 Å². The van der Waals surface area contributed by atoms with Crippen molar-refractivity contribution in [1.29, 1.82) is 5.26 Å². The van der Waals surface area contributed by atoms with Crippen LogP contribution in [0.4, 0.5) is 0 Å². The van der Waals surface area contributed by atoms with Crippen LogP contribution >= 0.6 is 0 Å². The zero-order valence-electron chi connectivity index (χ0n) is 14.2. The number of benzene rings is 1. The smallest absolute Gasteiger partial charge is 0.184 e. The van der Waals surface area contributed by atoms with E-state index in [1.165, 1.54) is 19.2 Å². The number of fused-ring (bicyclic) bond motifs is 2. The summed E-state index contributed by atoms with van der Waals surface area (Å²) in [5.41, 5.74) is 3.64. The summed E-state index contributed by atoms with van der Waals surface area (Å²) in [5, 5.41) is 14.8. The maximum Gasteiger partial charge on any atom is 0.184 e. The van der Waals surface area contributed by atoms with Gasteiger partial charge in [-0.05, 0) is 30.0 Å². The Labute approximate surface area is 150 Å². The Hall–Kier alpha value is -3.07. The van der Waals surface area contributed by atoms with E-state index in [2.05, 4.69) is 21.1 Å². The highest BCUT2D eigenvalue weighted by molar-refractivity contribution is 5.98. The van der Waals surface area contributed by atoms with Crippen LogP contribution in [0.25, 0.3) is 11.0 Å². The van der Waals surface area contributed by atoms with Crippen LogP contribution in [0.15, 0.2) is 30.7 Å². The lowest BCUT2D eigenvalue weighted by Crippen LogP contribution is -2.10. The number of nitriles is 1. The Balaban J connectivity index is 1.66. The first kappa shape index (κ1) is 15.2. The van der Waals surface area contributed by atoms with Gasteiger partial charge in [-0.1, -0.05) is 25.0 Å². The normalized spacial score (nSPS) is 19.8. The summed E-state index contributed by atoms with van der Waals surface area (Å²) in [6.07, 6.45) is 8.49. The highest BCUT2D eigenvalue weighted by atomic mass is 16.1. The van der Waals surface area contributed by atoms with Crippen LogP contribution in [0, 0.1) is 11.3 Å². The number of carbonyl (C=O) groups excluding carboxylic acids is 1. The number of ketones is 1. The zero-order valence-corrected chi connectivity index (χ0v) is 14.2. The van der Waals surface area contributed by atoms with E-state index in [0.29, 0.717) is 22.9 Å². The van der Waals surface area contributed by atoms with Crippen LogP contribution in [0.5, 0.6) is 0 Å². The van der Waals surface area contributed by atoms with Gasteiger partial charge in [0.1, 0.15) is 6.33 Å². The number of hydrogen-bond acceptors (Lipinski definition) is 5. The van der Waals surface area contributed by atoms with Crippen LogP contribution in [-0.2, 0) is 11.2 Å². The van der Waals surface area contributed by atoms with E-state index in [9.17, 15) is 10.1 Å². The first-order valence-electron chi connectivity index (χ1n) is 9.00. The molecule has 2 aliphatic carbocycles. The number of rotatable bonds is 2. The maximum absolute atomic E-state index is 12.8. The van der Waals surface area contributed by atoms with Crippen molar-refractivity contribution in [2.45, 2.75) is 44.1 Å². The lowest BCUT2D eigenvalue weighted by atomic mass is 9.94. The van der Waals surface area contributed by atoms with E-state index in [1.807, 2.05) is 23.0 Å². The number of Topliss-reactive ketones (excluding diaryl/α,β-unsaturated/α-hetero) is 1. The molecular weight excluding hydrogens is 326 g/mol. The van der Waals surface area contributed by atoms with Crippen LogP contribution < -0.4 is 0 Å². The number of aromatic nitrogens is 4. The van der Waals surface area contributed by atoms with E-state index in [0.717, 1.165) is 29.4 Å². The molecule has 0 radical (unpaired) electrons. The van der Waals surface area contributed by atoms with Crippen LogP contribution in [0.1, 0.15) is 60.0 Å². The molecule has 1 atom stereocenters. The molecule has 6 nitrogen and oxygen atoms in total. The van der Waals surface area contributed by atoms with Crippen LogP contribution in [0.2, 0.25) is 0 Å². The van der Waals surface area contributed by atoms with Crippen molar-refractivity contribution in [2.24, 2.45) is 0 Å². The molecule has 0 aliphatic heterocycles. The Morgan fingerprint density at radius 1 is 1.19 bits per heavy atom. The average molecular weight is 343 g/mol. The van der Waals surface area contributed by atoms with Gasteiger partial charge in [-0.3, -0.25) is 9.48 Å². The topological polar surface area (TPSA) is 84.5 Å². The standard InChI is InChI=1S/C20H17N5O/c21-9-12-4-3-7-14-15(12)8-17(26)18(14)19-16-10-25(13-5-1-2-6-13)24-20(16)23-11-22-19/h3-4,7,10-11,13,18H,1-2,5-6,8H2. The molecule has 5 rings (SSSR count). The largest absolute Gasteiger partial charge is 0.298 e. The second-order valence-electron chi connectivity index (χ2n) is 7.10. The minimum atomic E-state index is -0.440. The first-order valence-corrected chi connectivity index (χ1v) is 9.00. The second-order valence-corrected chi connectivity index (χ2v) is 7.10. The highest BCUT2D eigenvalue weighted by Crippen LogP contribution is 2.39. The third kappa shape index (κ3) is 2.17. The molecule has 0 bridgehead atoms. The predicted molar refractivity (Wildman–Crippen MR) is 94.5 cm³/mol. The van der Waals surface area contributed by atoms with E-state index < -0.39 is 5.92 Å². The molecule has 2 aliphatic rings. The molecule has 1 unspecified atom stereocenters. The van der Waals surface area contributed by atoms with Crippen molar-refractivity contribution in [2.75, 3.05) is 0 Å². The second kappa shape index (κ2) is 5.73. The summed E-state index contributed by atoms with van der Waals surface area (Å²) in [4.78, 5) is 21.6. The lowest BCUT2D eigenvalue weighted by Gasteiger charge is -2.11. The van der Waals surface area contributed by atoms with Gasteiger partial charge in [0.15, 0.2) is 11.4 Å². The molecule has 128 valence electrons. The fraction of sp³-hybridized carbons (Fsp3) is 0.350. The van der Waals surface area contributed by atoms with E-state index in [-0.39, 0.29) is 12.2 Å². The van der Waals surface area contributed by atoms with Gasteiger partial charge in [0.25, 0.3) is 0 Å². The molecule has 0 N–H and O–H groups in total. The van der Waals surface area contributed by atoms with E-state index in [1.54, 1.807) is 6.07 Å². The molecule has 1 saturated carbocycles. The molecule has 1 aromatic carbocycles. The van der Waals surface area contributed by atoms with E-state index >= 15 is 0 Å². The van der Waals surface area contributed by atoms with Gasteiger partial charge in [0.05, 0.1) is 34.7 Å². The van der Waals surface area contributed by atoms with Crippen molar-refractivity contribution in [3.05, 3.63) is 53.1 Å². The molecule has 0 amide bonds. The molecule has 0 spiro atoms. The summed E-state index contributed by atoms with van der Waals surface area (Å²) in [5.74, 6) is -0.360. The highest BCUT2D eigenvalue weighted by Gasteiger charge is 2.36. The Kier molecular flexibility index (Phi) is 3.35. The molecule has 2 aromatic heterocycles. The van der Waals surface area contributed by atoms with Gasteiger partial charge in [0, 0.05) is 12.6 Å². The summed E-state index contributed by atoms with van der Waals surface area (Å²) >= 11 is 0. The Morgan fingerprint density at radius 2 is 2.04 bits per heavy atom. The van der Waals surface area contributed by atoms with Crippen molar-refractivity contribution in [1.82, 2.24) is 19.7 Å². The molecule has 1 fully saturated rings. The van der Waals surface area contributed by atoms with Crippen molar-refractivity contribution >= 4 is 16.8 Å². The fourth-order valence-corrected chi connectivity index (χ4v) is 4.39. The monoisotopic (exact) mass is 343 g/mol. The third-order valence-electron chi connectivity index (χ3n) is 5.65. The van der Waals surface area contributed by atoms with Gasteiger partial charge in [-0.15, -0.1) is 0 Å². The SMILES string of the molecule is N#Cc1cccc2c1CC(=O)C2c1ncnc2nn(C3CCCC3)cc12. The summed E-state index contributed by atoms with van der Waals surface area (Å²) in [6.45, 7) is 0. The van der Waals surface area contributed by atoms with Crippen molar-refractivity contribution < 1.29 is 4.79 Å². The summed E-state index contributed by atoms with van der Waals surface area (Å²) in [7, 11) is 0. The lowest BCUT2D eigenvalue weighted by molar-refractivity contribution is -0.118. The predicted octanol–water partition coefficient (Wildman–Crippen LogP) is 3.07. The van der Waals surface area contributed by atoms with Crippen LogP contribution in [-0.4, -0.2) is 25.5 Å². The quantitative estimate of drug-likeness (QED) is 0.714. The molecule has 2 heterocycles. The minimum absolute atomic E-state index is 0.0799. The molecule has 6 heteroatoms.